The van der Waals surface area contributed by atoms with Crippen molar-refractivity contribution in [3.8, 4) is 0 Å². The van der Waals surface area contributed by atoms with E-state index in [1.807, 2.05) is 6.08 Å². The molecule has 0 fully saturated rings. The maximum absolute atomic E-state index is 12.0. The van der Waals surface area contributed by atoms with Crippen LogP contribution in [0.4, 0.5) is 0 Å². The van der Waals surface area contributed by atoms with E-state index in [1.54, 1.807) is 13.2 Å². The molecule has 0 saturated carbocycles. The highest BCUT2D eigenvalue weighted by atomic mass is 16.5. The molecule has 4 heteroatoms. The number of rotatable bonds is 14. The summed E-state index contributed by atoms with van der Waals surface area (Å²) in [6.07, 6.45) is 14.5. The third-order valence-electron chi connectivity index (χ3n) is 4.90. The maximum atomic E-state index is 12.0. The number of carbonyl (C=O) groups is 1. The number of allylic oxidation sites excluding steroid dienone is 3. The van der Waals surface area contributed by atoms with Crippen LogP contribution >= 0.6 is 0 Å². The van der Waals surface area contributed by atoms with Crippen LogP contribution in [-0.2, 0) is 9.53 Å². The van der Waals surface area contributed by atoms with Crippen molar-refractivity contribution in [2.75, 3.05) is 7.11 Å². The first kappa shape index (κ1) is 21.8. The second-order valence-electron chi connectivity index (χ2n) is 7.18. The van der Waals surface area contributed by atoms with Crippen LogP contribution in [0.5, 0.6) is 0 Å². The molecule has 25 heavy (non-hydrogen) atoms. The molecule has 1 rings (SSSR count). The van der Waals surface area contributed by atoms with Gasteiger partial charge in [-0.05, 0) is 24.8 Å². The number of unbranched alkanes of at least 4 members (excludes halogenated alkanes) is 6. The van der Waals surface area contributed by atoms with E-state index in [0.717, 1.165) is 25.7 Å². The monoisotopic (exact) mass is 352 g/mol. The summed E-state index contributed by atoms with van der Waals surface area (Å²) in [5.74, 6) is 1.10. The predicted molar refractivity (Wildman–Crippen MR) is 101 cm³/mol. The van der Waals surface area contributed by atoms with E-state index in [9.17, 15) is 15.0 Å². The lowest BCUT2D eigenvalue weighted by molar-refractivity contribution is -0.121. The number of methoxy groups -OCH3 is 1. The Morgan fingerprint density at radius 2 is 1.92 bits per heavy atom. The summed E-state index contributed by atoms with van der Waals surface area (Å²) in [5, 5.41) is 19.6. The van der Waals surface area contributed by atoms with Gasteiger partial charge in [-0.25, -0.2) is 0 Å². The number of hydrogen-bond acceptors (Lipinski definition) is 4. The predicted octanol–water partition coefficient (Wildman–Crippen LogP) is 5.22. The molecule has 0 spiro atoms. The lowest BCUT2D eigenvalue weighted by atomic mass is 9.92. The molecule has 144 valence electrons. The Labute approximate surface area is 153 Å². The normalized spacial score (nSPS) is 18.4. The molecule has 4 nitrogen and oxygen atoms in total. The number of aliphatic hydroxyl groups is 2. The Hall–Kier alpha value is -1.29. The molecule has 2 unspecified atom stereocenters. The highest BCUT2D eigenvalue weighted by Crippen LogP contribution is 2.26. The van der Waals surface area contributed by atoms with E-state index in [4.69, 9.17) is 4.74 Å². The van der Waals surface area contributed by atoms with Gasteiger partial charge in [0.2, 0.25) is 0 Å². The van der Waals surface area contributed by atoms with Crippen molar-refractivity contribution in [2.24, 2.45) is 5.92 Å². The van der Waals surface area contributed by atoms with Gasteiger partial charge in [-0.1, -0.05) is 57.9 Å². The van der Waals surface area contributed by atoms with Crippen molar-refractivity contribution in [1.82, 2.24) is 0 Å². The van der Waals surface area contributed by atoms with Gasteiger partial charge in [-0.2, -0.15) is 0 Å². The minimum absolute atomic E-state index is 0.126. The largest absolute Gasteiger partial charge is 0.505 e. The third-order valence-corrected chi connectivity index (χ3v) is 4.90. The van der Waals surface area contributed by atoms with E-state index < -0.39 is 6.10 Å². The molecule has 0 aromatic heterocycles. The van der Waals surface area contributed by atoms with E-state index in [-0.39, 0.29) is 23.9 Å². The standard InChI is InChI=1S/C21H36O4/c1-3-4-5-6-7-8-9-10-18(22)16-19(23)13-11-17-12-14-20(24)21(15-17)25-2/h12,14,17-18,22,24H,3-11,13,15-16H2,1-2H3. The molecule has 0 heterocycles. The molecule has 1 aliphatic rings. The number of aliphatic hydroxyl groups excluding tert-OH is 2. The zero-order chi connectivity index (χ0) is 18.5. The smallest absolute Gasteiger partial charge is 0.152 e. The van der Waals surface area contributed by atoms with Crippen molar-refractivity contribution in [1.29, 1.82) is 0 Å². The van der Waals surface area contributed by atoms with Crippen LogP contribution in [0.3, 0.4) is 0 Å². The summed E-state index contributed by atoms with van der Waals surface area (Å²) in [4.78, 5) is 12.0. The van der Waals surface area contributed by atoms with E-state index in [2.05, 4.69) is 6.92 Å². The topological polar surface area (TPSA) is 66.8 Å². The maximum Gasteiger partial charge on any atom is 0.152 e. The van der Waals surface area contributed by atoms with E-state index >= 15 is 0 Å². The highest BCUT2D eigenvalue weighted by molar-refractivity contribution is 5.78. The van der Waals surface area contributed by atoms with Crippen LogP contribution in [0.15, 0.2) is 23.7 Å². The average Bonchev–Trinajstić information content (AvgIpc) is 2.60. The number of carbonyl (C=O) groups excluding carboxylic acids is 1. The number of hydrogen-bond donors (Lipinski definition) is 2. The molecule has 0 aromatic rings. The summed E-state index contributed by atoms with van der Waals surface area (Å²) in [6, 6.07) is 0. The second-order valence-corrected chi connectivity index (χ2v) is 7.18. The molecule has 0 amide bonds. The van der Waals surface area contributed by atoms with Gasteiger partial charge in [-0.15, -0.1) is 0 Å². The Balaban J connectivity index is 2.09. The van der Waals surface area contributed by atoms with Crippen LogP contribution in [0.1, 0.15) is 84.0 Å². The molecular weight excluding hydrogens is 316 g/mol. The van der Waals surface area contributed by atoms with Crippen molar-refractivity contribution in [3.05, 3.63) is 23.7 Å². The minimum Gasteiger partial charge on any atom is -0.505 e. The summed E-state index contributed by atoms with van der Waals surface area (Å²) < 4.78 is 5.14. The van der Waals surface area contributed by atoms with Crippen molar-refractivity contribution in [3.63, 3.8) is 0 Å². The van der Waals surface area contributed by atoms with Crippen LogP contribution in [-0.4, -0.2) is 29.2 Å². The zero-order valence-corrected chi connectivity index (χ0v) is 16.0. The van der Waals surface area contributed by atoms with Gasteiger partial charge in [0, 0.05) is 19.3 Å². The van der Waals surface area contributed by atoms with E-state index in [1.165, 1.54) is 32.1 Å². The molecule has 1 aliphatic carbocycles. The molecule has 0 aliphatic heterocycles. The molecule has 0 aromatic carbocycles. The molecule has 0 saturated heterocycles. The lowest BCUT2D eigenvalue weighted by Crippen LogP contribution is -2.15. The Bertz CT molecular complexity index is 439. The number of ether oxygens (including phenoxy) is 1. The summed E-state index contributed by atoms with van der Waals surface area (Å²) in [7, 11) is 1.55. The fourth-order valence-electron chi connectivity index (χ4n) is 3.27. The Morgan fingerprint density at radius 3 is 2.60 bits per heavy atom. The first-order valence-corrected chi connectivity index (χ1v) is 9.90. The molecule has 2 N–H and O–H groups in total. The van der Waals surface area contributed by atoms with E-state index in [0.29, 0.717) is 18.6 Å². The molecule has 0 bridgehead atoms. The van der Waals surface area contributed by atoms with Crippen LogP contribution in [0, 0.1) is 5.92 Å². The van der Waals surface area contributed by atoms with Gasteiger partial charge in [0.1, 0.15) is 11.5 Å². The van der Waals surface area contributed by atoms with Crippen LogP contribution in [0.25, 0.3) is 0 Å². The fourth-order valence-corrected chi connectivity index (χ4v) is 3.27. The first-order chi connectivity index (χ1) is 12.1. The number of ketones is 1. The SMILES string of the molecule is CCCCCCCCCC(O)CC(=O)CCC1C=CC(O)=C(OC)C1. The van der Waals surface area contributed by atoms with Crippen LogP contribution in [0.2, 0.25) is 0 Å². The lowest BCUT2D eigenvalue weighted by Gasteiger charge is -2.19. The van der Waals surface area contributed by atoms with Gasteiger partial charge in [0.15, 0.2) is 5.76 Å². The minimum atomic E-state index is -0.497. The molecule has 2 atom stereocenters. The van der Waals surface area contributed by atoms with Crippen molar-refractivity contribution in [2.45, 2.75) is 90.1 Å². The summed E-state index contributed by atoms with van der Waals surface area (Å²) >= 11 is 0. The van der Waals surface area contributed by atoms with Gasteiger partial charge < -0.3 is 14.9 Å². The van der Waals surface area contributed by atoms with Gasteiger partial charge in [-0.3, -0.25) is 4.79 Å². The second kappa shape index (κ2) is 13.0. The van der Waals surface area contributed by atoms with Gasteiger partial charge in [0.25, 0.3) is 0 Å². The average molecular weight is 353 g/mol. The van der Waals surface area contributed by atoms with Crippen molar-refractivity contribution < 1.29 is 19.7 Å². The Morgan fingerprint density at radius 1 is 1.24 bits per heavy atom. The molecule has 0 radical (unpaired) electrons. The van der Waals surface area contributed by atoms with Crippen LogP contribution < -0.4 is 0 Å². The summed E-state index contributed by atoms with van der Waals surface area (Å²) in [5.41, 5.74) is 0. The number of Topliss-reactive ketones (excluding diaryl/α,β-unsaturated/α-hetero) is 1. The van der Waals surface area contributed by atoms with Gasteiger partial charge >= 0.3 is 0 Å². The Kier molecular flexibility index (Phi) is 11.3. The van der Waals surface area contributed by atoms with Crippen molar-refractivity contribution >= 4 is 5.78 Å². The summed E-state index contributed by atoms with van der Waals surface area (Å²) in [6.45, 7) is 2.22. The first-order valence-electron chi connectivity index (χ1n) is 9.90. The third kappa shape index (κ3) is 9.69. The van der Waals surface area contributed by atoms with Gasteiger partial charge in [0.05, 0.1) is 13.2 Å². The quantitative estimate of drug-likeness (QED) is 0.421. The highest BCUT2D eigenvalue weighted by Gasteiger charge is 2.18. The zero-order valence-electron chi connectivity index (χ0n) is 16.0. The molecular formula is C21H36O4. The fraction of sp³-hybridized carbons (Fsp3) is 0.762.